The van der Waals surface area contributed by atoms with E-state index in [1.807, 2.05) is 19.1 Å². The Morgan fingerprint density at radius 3 is 2.56 bits per heavy atom. The molecule has 0 amide bonds. The molecule has 1 aromatic rings. The maximum absolute atomic E-state index is 9.81. The second kappa shape index (κ2) is 4.93. The van der Waals surface area contributed by atoms with Gasteiger partial charge in [-0.15, -0.1) is 0 Å². The Morgan fingerprint density at radius 1 is 1.44 bits per heavy atom. The summed E-state index contributed by atoms with van der Waals surface area (Å²) in [6.07, 6.45) is 0. The van der Waals surface area contributed by atoms with Crippen LogP contribution in [0, 0.1) is 0 Å². The number of aliphatic hydroxyl groups is 1. The minimum atomic E-state index is -0.785. The largest absolute Gasteiger partial charge is 0.495 e. The molecule has 0 saturated heterocycles. The number of methoxy groups -OCH3 is 1. The smallest absolute Gasteiger partial charge is 0.139 e. The molecule has 0 saturated carbocycles. The van der Waals surface area contributed by atoms with Crippen molar-refractivity contribution in [1.82, 2.24) is 0 Å². The number of hydrogen-bond acceptors (Lipinski definition) is 3. The van der Waals surface area contributed by atoms with Crippen LogP contribution in [0.25, 0.3) is 0 Å². The van der Waals surface area contributed by atoms with Crippen LogP contribution in [0.2, 0.25) is 5.02 Å². The normalized spacial score (nSPS) is 13.4. The lowest BCUT2D eigenvalue weighted by molar-refractivity contribution is 0.0649. The molecule has 1 atom stereocenters. The summed E-state index contributed by atoms with van der Waals surface area (Å²) < 4.78 is 5.12. The minimum Gasteiger partial charge on any atom is -0.495 e. The second-order valence-corrected chi connectivity index (χ2v) is 4.78. The predicted molar refractivity (Wildman–Crippen MR) is 67.4 cm³/mol. The average Bonchev–Trinajstić information content (AvgIpc) is 2.19. The summed E-state index contributed by atoms with van der Waals surface area (Å²) in [5.41, 5.74) is 0.0863. The fraction of sp³-hybridized carbons (Fsp3) is 0.500. The van der Waals surface area contributed by atoms with Gasteiger partial charge in [-0.05, 0) is 32.9 Å². The highest BCUT2D eigenvalue weighted by Crippen LogP contribution is 2.28. The molecular weight excluding hydrogens is 226 g/mol. The van der Waals surface area contributed by atoms with E-state index in [-0.39, 0.29) is 6.04 Å². The fourth-order valence-corrected chi connectivity index (χ4v) is 1.37. The molecule has 0 bridgehead atoms. The molecule has 16 heavy (non-hydrogen) atoms. The van der Waals surface area contributed by atoms with Crippen molar-refractivity contribution in [3.63, 3.8) is 0 Å². The van der Waals surface area contributed by atoms with Gasteiger partial charge in [-0.3, -0.25) is 0 Å². The van der Waals surface area contributed by atoms with Gasteiger partial charge >= 0.3 is 0 Å². The zero-order valence-electron chi connectivity index (χ0n) is 10.0. The van der Waals surface area contributed by atoms with Crippen LogP contribution >= 0.6 is 11.6 Å². The Labute approximate surface area is 101 Å². The van der Waals surface area contributed by atoms with Crippen LogP contribution in [-0.4, -0.2) is 23.9 Å². The first-order valence-corrected chi connectivity index (χ1v) is 5.55. The molecular formula is C12H18ClNO2. The van der Waals surface area contributed by atoms with E-state index in [4.69, 9.17) is 16.3 Å². The molecule has 0 spiro atoms. The molecule has 1 rings (SSSR count). The molecule has 1 aromatic carbocycles. The van der Waals surface area contributed by atoms with Crippen molar-refractivity contribution in [1.29, 1.82) is 0 Å². The summed E-state index contributed by atoms with van der Waals surface area (Å²) in [4.78, 5) is 0. The van der Waals surface area contributed by atoms with Crippen LogP contribution in [0.1, 0.15) is 20.8 Å². The quantitative estimate of drug-likeness (QED) is 0.855. The van der Waals surface area contributed by atoms with E-state index < -0.39 is 5.60 Å². The molecule has 3 nitrogen and oxygen atoms in total. The number of anilines is 1. The van der Waals surface area contributed by atoms with E-state index >= 15 is 0 Å². The van der Waals surface area contributed by atoms with Gasteiger partial charge in [-0.1, -0.05) is 11.6 Å². The molecule has 0 heterocycles. The molecule has 1 unspecified atom stereocenters. The Kier molecular flexibility index (Phi) is 4.05. The first-order valence-electron chi connectivity index (χ1n) is 5.17. The first kappa shape index (κ1) is 13.1. The van der Waals surface area contributed by atoms with Crippen molar-refractivity contribution in [3.05, 3.63) is 23.2 Å². The summed E-state index contributed by atoms with van der Waals surface area (Å²) in [6.45, 7) is 5.44. The molecule has 90 valence electrons. The van der Waals surface area contributed by atoms with E-state index in [0.29, 0.717) is 10.8 Å². The highest BCUT2D eigenvalue weighted by molar-refractivity contribution is 6.32. The number of rotatable bonds is 4. The third kappa shape index (κ3) is 3.29. The number of ether oxygens (including phenoxy) is 1. The van der Waals surface area contributed by atoms with Gasteiger partial charge in [0.1, 0.15) is 5.75 Å². The minimum absolute atomic E-state index is 0.0709. The van der Waals surface area contributed by atoms with Crippen LogP contribution in [0.5, 0.6) is 5.75 Å². The summed E-state index contributed by atoms with van der Waals surface area (Å²) in [6, 6.07) is 5.36. The van der Waals surface area contributed by atoms with Crippen molar-refractivity contribution < 1.29 is 9.84 Å². The standard InChI is InChI=1S/C12H18ClNO2/c1-8(12(2,3)15)14-9-5-6-10(13)11(7-9)16-4/h5-8,14-15H,1-4H3. The first-order chi connectivity index (χ1) is 7.34. The Bertz CT molecular complexity index is 361. The summed E-state index contributed by atoms with van der Waals surface area (Å²) in [5, 5.41) is 13.6. The molecule has 0 aromatic heterocycles. The van der Waals surface area contributed by atoms with Gasteiger partial charge in [-0.25, -0.2) is 0 Å². The maximum Gasteiger partial charge on any atom is 0.139 e. The summed E-state index contributed by atoms with van der Waals surface area (Å²) in [7, 11) is 1.57. The van der Waals surface area contributed by atoms with Crippen molar-refractivity contribution in [2.75, 3.05) is 12.4 Å². The number of halogens is 1. The van der Waals surface area contributed by atoms with Gasteiger partial charge in [0.2, 0.25) is 0 Å². The van der Waals surface area contributed by atoms with Crippen LogP contribution in [0.3, 0.4) is 0 Å². The van der Waals surface area contributed by atoms with Crippen LogP contribution in [0.15, 0.2) is 18.2 Å². The molecule has 4 heteroatoms. The zero-order chi connectivity index (χ0) is 12.3. The van der Waals surface area contributed by atoms with Crippen molar-refractivity contribution in [2.45, 2.75) is 32.4 Å². The molecule has 0 radical (unpaired) electrons. The topological polar surface area (TPSA) is 41.5 Å². The predicted octanol–water partition coefficient (Wildman–Crippen LogP) is 2.92. The van der Waals surface area contributed by atoms with Gasteiger partial charge in [0.05, 0.1) is 23.8 Å². The van der Waals surface area contributed by atoms with Gasteiger partial charge in [0.15, 0.2) is 0 Å². The van der Waals surface area contributed by atoms with Gasteiger partial charge in [0, 0.05) is 11.8 Å². The van der Waals surface area contributed by atoms with E-state index in [9.17, 15) is 5.11 Å². The van der Waals surface area contributed by atoms with Crippen LogP contribution in [0.4, 0.5) is 5.69 Å². The van der Waals surface area contributed by atoms with Crippen molar-refractivity contribution in [2.24, 2.45) is 0 Å². The van der Waals surface area contributed by atoms with Crippen molar-refractivity contribution in [3.8, 4) is 5.75 Å². The second-order valence-electron chi connectivity index (χ2n) is 4.37. The third-order valence-electron chi connectivity index (χ3n) is 2.59. The number of hydrogen-bond donors (Lipinski definition) is 2. The maximum atomic E-state index is 9.81. The number of nitrogens with one attached hydrogen (secondary N) is 1. The lowest BCUT2D eigenvalue weighted by atomic mass is 10.0. The Hall–Kier alpha value is -0.930. The van der Waals surface area contributed by atoms with Crippen LogP contribution < -0.4 is 10.1 Å². The SMILES string of the molecule is COc1cc(NC(C)C(C)(C)O)ccc1Cl. The molecule has 0 aliphatic carbocycles. The average molecular weight is 244 g/mol. The van der Waals surface area contributed by atoms with E-state index in [2.05, 4.69) is 5.32 Å². The van der Waals surface area contributed by atoms with E-state index in [0.717, 1.165) is 5.69 Å². The van der Waals surface area contributed by atoms with Gasteiger partial charge in [-0.2, -0.15) is 0 Å². The Balaban J connectivity index is 2.82. The number of benzene rings is 1. The van der Waals surface area contributed by atoms with E-state index in [1.54, 1.807) is 27.0 Å². The molecule has 0 aliphatic rings. The third-order valence-corrected chi connectivity index (χ3v) is 2.91. The molecule has 0 fully saturated rings. The lowest BCUT2D eigenvalue weighted by Crippen LogP contribution is -2.39. The fourth-order valence-electron chi connectivity index (χ4n) is 1.18. The monoisotopic (exact) mass is 243 g/mol. The zero-order valence-corrected chi connectivity index (χ0v) is 10.8. The van der Waals surface area contributed by atoms with Gasteiger partial charge < -0.3 is 15.2 Å². The summed E-state index contributed by atoms with van der Waals surface area (Å²) >= 11 is 5.92. The van der Waals surface area contributed by atoms with Crippen molar-refractivity contribution >= 4 is 17.3 Å². The van der Waals surface area contributed by atoms with Gasteiger partial charge in [0.25, 0.3) is 0 Å². The Morgan fingerprint density at radius 2 is 2.06 bits per heavy atom. The molecule has 2 N–H and O–H groups in total. The highest BCUT2D eigenvalue weighted by atomic mass is 35.5. The lowest BCUT2D eigenvalue weighted by Gasteiger charge is -2.27. The molecule has 0 aliphatic heterocycles. The summed E-state index contributed by atoms with van der Waals surface area (Å²) in [5.74, 6) is 0.620. The van der Waals surface area contributed by atoms with Crippen LogP contribution in [-0.2, 0) is 0 Å². The van der Waals surface area contributed by atoms with E-state index in [1.165, 1.54) is 0 Å². The highest BCUT2D eigenvalue weighted by Gasteiger charge is 2.22.